The summed E-state index contributed by atoms with van der Waals surface area (Å²) in [6.45, 7) is 0. The maximum atomic E-state index is 15.1. The highest BCUT2D eigenvalue weighted by atomic mass is 19.1. The Hall–Kier alpha value is -5.64. The van der Waals surface area contributed by atoms with E-state index in [1.807, 2.05) is 12.1 Å². The van der Waals surface area contributed by atoms with Gasteiger partial charge in [0.15, 0.2) is 11.6 Å². The van der Waals surface area contributed by atoms with Crippen molar-refractivity contribution in [2.75, 3.05) is 5.32 Å². The van der Waals surface area contributed by atoms with Gasteiger partial charge in [-0.25, -0.2) is 13.8 Å². The number of nitrogens with one attached hydrogen (secondary N) is 2. The fraction of sp³-hybridized carbons (Fsp3) is 0. The molecule has 0 saturated heterocycles. The summed E-state index contributed by atoms with van der Waals surface area (Å²) in [5, 5.41) is 13.9. The van der Waals surface area contributed by atoms with Crippen LogP contribution in [0.2, 0.25) is 0 Å². The summed E-state index contributed by atoms with van der Waals surface area (Å²) in [6.07, 6.45) is 6.72. The Bertz CT molecular complexity index is 1860. The standard InChI is InChI=1S/C30H19F2N5O3/c31-20-8-6-18(7-9-20)24-4-1-5-25(37(24)39)30(38)36-21-10-11-26(23(32)15-21)40-27-12-14-34-29-28(27)22(17-35-29)19-3-2-13-33-16-19/h1-17H,(H2-,34,35,36,38,39)/p+1. The Morgan fingerprint density at radius 2 is 1.77 bits per heavy atom. The zero-order valence-corrected chi connectivity index (χ0v) is 20.7. The van der Waals surface area contributed by atoms with Gasteiger partial charge in [0, 0.05) is 64.5 Å². The van der Waals surface area contributed by atoms with Gasteiger partial charge in [0.2, 0.25) is 0 Å². The molecule has 0 spiro atoms. The van der Waals surface area contributed by atoms with Gasteiger partial charge in [-0.2, -0.15) is 0 Å². The Morgan fingerprint density at radius 1 is 0.925 bits per heavy atom. The number of aromatic nitrogens is 4. The molecule has 0 unspecified atom stereocenters. The number of nitrogens with zero attached hydrogens (tertiary/aromatic N) is 3. The van der Waals surface area contributed by atoms with Crippen molar-refractivity contribution in [3.05, 3.63) is 121 Å². The van der Waals surface area contributed by atoms with E-state index in [0.717, 1.165) is 17.2 Å². The Labute approximate surface area is 226 Å². The fourth-order valence-electron chi connectivity index (χ4n) is 4.35. The molecule has 3 N–H and O–H groups in total. The zero-order chi connectivity index (χ0) is 27.6. The first-order valence-electron chi connectivity index (χ1n) is 12.1. The summed E-state index contributed by atoms with van der Waals surface area (Å²) >= 11 is 0. The van der Waals surface area contributed by atoms with Crippen LogP contribution in [0.15, 0.2) is 104 Å². The number of amides is 1. The molecule has 4 aromatic heterocycles. The summed E-state index contributed by atoms with van der Waals surface area (Å²) in [4.78, 5) is 24.5. The van der Waals surface area contributed by atoms with Crippen molar-refractivity contribution < 1.29 is 28.2 Å². The molecule has 0 aliphatic heterocycles. The van der Waals surface area contributed by atoms with Crippen molar-refractivity contribution in [1.82, 2.24) is 15.0 Å². The number of anilines is 1. The second-order valence-corrected chi connectivity index (χ2v) is 8.79. The summed E-state index contributed by atoms with van der Waals surface area (Å²) in [5.74, 6) is -1.48. The van der Waals surface area contributed by atoms with Crippen LogP contribution in [0.5, 0.6) is 11.5 Å². The molecule has 0 aliphatic rings. The molecule has 0 bridgehead atoms. The summed E-state index contributed by atoms with van der Waals surface area (Å²) in [5.41, 5.74) is 3.05. The van der Waals surface area contributed by atoms with Gasteiger partial charge in [0.25, 0.3) is 5.69 Å². The molecule has 0 atom stereocenters. The minimum Gasteiger partial charge on any atom is -0.453 e. The lowest BCUT2D eigenvalue weighted by molar-refractivity contribution is -0.897. The van der Waals surface area contributed by atoms with Crippen LogP contribution >= 0.6 is 0 Å². The van der Waals surface area contributed by atoms with Crippen LogP contribution < -0.4 is 14.8 Å². The van der Waals surface area contributed by atoms with Crippen LogP contribution in [0.1, 0.15) is 10.5 Å². The minimum atomic E-state index is -0.710. The van der Waals surface area contributed by atoms with Crippen molar-refractivity contribution in [3.8, 4) is 33.9 Å². The topological polar surface area (TPSA) is 104 Å². The fourth-order valence-corrected chi connectivity index (χ4v) is 4.35. The number of halogens is 2. The van der Waals surface area contributed by atoms with Gasteiger partial charge in [-0.3, -0.25) is 15.0 Å². The minimum absolute atomic E-state index is 0.0561. The van der Waals surface area contributed by atoms with Crippen molar-refractivity contribution >= 4 is 22.6 Å². The van der Waals surface area contributed by atoms with Gasteiger partial charge < -0.3 is 15.0 Å². The largest absolute Gasteiger partial charge is 0.453 e. The molecule has 196 valence electrons. The highest BCUT2D eigenvalue weighted by Crippen LogP contribution is 2.37. The van der Waals surface area contributed by atoms with Gasteiger partial charge in [0.1, 0.15) is 17.2 Å². The lowest BCUT2D eigenvalue weighted by Gasteiger charge is -2.11. The van der Waals surface area contributed by atoms with Gasteiger partial charge in [0.05, 0.1) is 10.9 Å². The lowest BCUT2D eigenvalue weighted by Crippen LogP contribution is -2.41. The van der Waals surface area contributed by atoms with Crippen molar-refractivity contribution in [3.63, 3.8) is 0 Å². The Morgan fingerprint density at radius 3 is 2.55 bits per heavy atom. The summed E-state index contributed by atoms with van der Waals surface area (Å²) in [7, 11) is 0. The summed E-state index contributed by atoms with van der Waals surface area (Å²) in [6, 6.07) is 19.4. The smallest absolute Gasteiger partial charge is 0.325 e. The molecule has 2 aromatic carbocycles. The highest BCUT2D eigenvalue weighted by Gasteiger charge is 2.25. The van der Waals surface area contributed by atoms with Gasteiger partial charge in [-0.15, -0.1) is 0 Å². The molecule has 6 aromatic rings. The number of benzene rings is 2. The Balaban J connectivity index is 1.25. The molecule has 8 nitrogen and oxygen atoms in total. The highest BCUT2D eigenvalue weighted by molar-refractivity contribution is 6.02. The normalized spacial score (nSPS) is 10.9. The van der Waals surface area contributed by atoms with E-state index in [1.165, 1.54) is 42.5 Å². The first-order valence-corrected chi connectivity index (χ1v) is 12.1. The number of aromatic amines is 1. The molecule has 6 rings (SSSR count). The molecule has 0 saturated carbocycles. The SMILES string of the molecule is O=C(Nc1ccc(Oc2ccnc3[nH]cc(-c4cccnc4)c23)c(F)c1)c1cccc(-c2ccc(F)cc2)[n+]1O. The van der Waals surface area contributed by atoms with Crippen LogP contribution in [0.25, 0.3) is 33.4 Å². The average molecular weight is 537 g/mol. The van der Waals surface area contributed by atoms with Crippen molar-refractivity contribution in [1.29, 1.82) is 0 Å². The van der Waals surface area contributed by atoms with E-state index in [-0.39, 0.29) is 22.8 Å². The van der Waals surface area contributed by atoms with E-state index >= 15 is 4.39 Å². The van der Waals surface area contributed by atoms with Crippen LogP contribution in [0.4, 0.5) is 14.5 Å². The third kappa shape index (κ3) is 4.69. The van der Waals surface area contributed by atoms with E-state index < -0.39 is 17.5 Å². The molecular formula is C30H20F2N5O3+. The number of carbonyl (C=O) groups is 1. The second-order valence-electron chi connectivity index (χ2n) is 8.79. The van der Waals surface area contributed by atoms with E-state index in [2.05, 4.69) is 20.3 Å². The molecule has 10 heteroatoms. The average Bonchev–Trinajstić information content (AvgIpc) is 3.41. The number of ether oxygens (including phenoxy) is 1. The number of hydrogen-bond acceptors (Lipinski definition) is 5. The zero-order valence-electron chi connectivity index (χ0n) is 20.7. The van der Waals surface area contributed by atoms with Crippen molar-refractivity contribution in [2.45, 2.75) is 0 Å². The molecule has 1 amide bonds. The molecular weight excluding hydrogens is 516 g/mol. The predicted octanol–water partition coefficient (Wildman–Crippen LogP) is 6.14. The number of pyridine rings is 3. The first kappa shape index (κ1) is 24.7. The third-order valence-electron chi connectivity index (χ3n) is 6.25. The second kappa shape index (κ2) is 10.3. The van der Waals surface area contributed by atoms with E-state index in [4.69, 9.17) is 4.74 Å². The molecule has 0 radical (unpaired) electrons. The maximum Gasteiger partial charge on any atom is 0.325 e. The third-order valence-corrected chi connectivity index (χ3v) is 6.25. The first-order chi connectivity index (χ1) is 19.5. The van der Waals surface area contributed by atoms with Crippen LogP contribution in [0.3, 0.4) is 0 Å². The van der Waals surface area contributed by atoms with Crippen molar-refractivity contribution in [2.24, 2.45) is 0 Å². The van der Waals surface area contributed by atoms with Gasteiger partial charge in [-0.05, 0) is 54.6 Å². The predicted molar refractivity (Wildman–Crippen MR) is 143 cm³/mol. The van der Waals surface area contributed by atoms with E-state index in [0.29, 0.717) is 27.1 Å². The molecule has 0 aliphatic carbocycles. The Kier molecular flexibility index (Phi) is 6.33. The van der Waals surface area contributed by atoms with Gasteiger partial charge in [-0.1, -0.05) is 6.07 Å². The summed E-state index contributed by atoms with van der Waals surface area (Å²) < 4.78 is 35.1. The molecule has 4 heterocycles. The maximum absolute atomic E-state index is 15.1. The van der Waals surface area contributed by atoms with E-state index in [1.54, 1.807) is 43.0 Å². The molecule has 40 heavy (non-hydrogen) atoms. The van der Waals surface area contributed by atoms with Crippen LogP contribution in [-0.4, -0.2) is 26.1 Å². The molecule has 0 fully saturated rings. The van der Waals surface area contributed by atoms with Crippen LogP contribution in [-0.2, 0) is 0 Å². The monoisotopic (exact) mass is 536 g/mol. The number of carbonyl (C=O) groups excluding carboxylic acids is 1. The van der Waals surface area contributed by atoms with Crippen LogP contribution in [0, 0.1) is 11.6 Å². The number of fused-ring (bicyclic) bond motifs is 1. The van der Waals surface area contributed by atoms with Gasteiger partial charge >= 0.3 is 11.6 Å². The number of rotatable bonds is 6. The number of hydrogen-bond donors (Lipinski definition) is 3. The lowest BCUT2D eigenvalue weighted by atomic mass is 10.1. The number of H-pyrrole nitrogens is 1. The quantitative estimate of drug-likeness (QED) is 0.175. The van der Waals surface area contributed by atoms with E-state index in [9.17, 15) is 14.4 Å².